The molecule has 3 rings (SSSR count). The van der Waals surface area contributed by atoms with Gasteiger partial charge in [0, 0.05) is 35.9 Å². The van der Waals surface area contributed by atoms with Crippen molar-refractivity contribution in [2.75, 3.05) is 0 Å². The van der Waals surface area contributed by atoms with E-state index in [0.717, 1.165) is 17.2 Å². The van der Waals surface area contributed by atoms with Crippen LogP contribution in [0.3, 0.4) is 0 Å². The SMILES string of the molecule is C[C@H](NCc1nc(-c2ccccc2)cs1)c1ccncc1. The first kappa shape index (κ1) is 13.9. The molecule has 0 spiro atoms. The lowest BCUT2D eigenvalue weighted by Gasteiger charge is -2.12. The molecule has 0 aliphatic rings. The number of pyridine rings is 1. The minimum atomic E-state index is 0.289. The second-order valence-corrected chi connectivity index (χ2v) is 5.82. The van der Waals surface area contributed by atoms with Gasteiger partial charge in [-0.2, -0.15) is 0 Å². The molecule has 0 bridgehead atoms. The van der Waals surface area contributed by atoms with Crippen LogP contribution in [0.2, 0.25) is 0 Å². The standard InChI is InChI=1S/C17H17N3S/c1-13(14-7-9-18-10-8-14)19-11-17-20-16(12-21-17)15-5-3-2-4-6-15/h2-10,12-13,19H,11H2,1H3/t13-/m0/s1. The molecule has 0 fully saturated rings. The fourth-order valence-corrected chi connectivity index (χ4v) is 2.90. The van der Waals surface area contributed by atoms with Crippen molar-refractivity contribution in [1.29, 1.82) is 0 Å². The number of nitrogens with zero attached hydrogens (tertiary/aromatic N) is 2. The van der Waals surface area contributed by atoms with Gasteiger partial charge in [0.2, 0.25) is 0 Å². The molecule has 106 valence electrons. The Kier molecular flexibility index (Phi) is 4.38. The summed E-state index contributed by atoms with van der Waals surface area (Å²) < 4.78 is 0. The highest BCUT2D eigenvalue weighted by atomic mass is 32.1. The molecule has 0 aliphatic carbocycles. The fourth-order valence-electron chi connectivity index (χ4n) is 2.14. The average molecular weight is 295 g/mol. The van der Waals surface area contributed by atoms with Crippen molar-refractivity contribution >= 4 is 11.3 Å². The summed E-state index contributed by atoms with van der Waals surface area (Å²) in [7, 11) is 0. The summed E-state index contributed by atoms with van der Waals surface area (Å²) >= 11 is 1.70. The number of hydrogen-bond acceptors (Lipinski definition) is 4. The fraction of sp³-hybridized carbons (Fsp3) is 0.176. The number of benzene rings is 1. The number of thiazole rings is 1. The van der Waals surface area contributed by atoms with E-state index in [1.807, 2.05) is 42.7 Å². The predicted octanol–water partition coefficient (Wildman–Crippen LogP) is 4.06. The maximum atomic E-state index is 4.69. The monoisotopic (exact) mass is 295 g/mol. The first-order chi connectivity index (χ1) is 10.3. The highest BCUT2D eigenvalue weighted by Gasteiger charge is 2.07. The molecular formula is C17H17N3S. The third-order valence-corrected chi connectivity index (χ3v) is 4.24. The van der Waals surface area contributed by atoms with Crippen LogP contribution in [0.5, 0.6) is 0 Å². The molecule has 2 aromatic heterocycles. The third-order valence-electron chi connectivity index (χ3n) is 3.39. The van der Waals surface area contributed by atoms with Gasteiger partial charge in [0.1, 0.15) is 5.01 Å². The molecule has 1 aromatic carbocycles. The Bertz CT molecular complexity index is 680. The topological polar surface area (TPSA) is 37.8 Å². The van der Waals surface area contributed by atoms with Gasteiger partial charge in [0.05, 0.1) is 5.69 Å². The molecule has 3 nitrogen and oxygen atoms in total. The van der Waals surface area contributed by atoms with Crippen molar-refractivity contribution < 1.29 is 0 Å². The van der Waals surface area contributed by atoms with Crippen LogP contribution in [0.4, 0.5) is 0 Å². The number of aromatic nitrogens is 2. The molecule has 0 aliphatic heterocycles. The van der Waals surface area contributed by atoms with Crippen LogP contribution in [-0.2, 0) is 6.54 Å². The lowest BCUT2D eigenvalue weighted by molar-refractivity contribution is 0.573. The van der Waals surface area contributed by atoms with E-state index in [1.54, 1.807) is 11.3 Å². The van der Waals surface area contributed by atoms with Gasteiger partial charge in [-0.3, -0.25) is 4.98 Å². The predicted molar refractivity (Wildman–Crippen MR) is 87.0 cm³/mol. The molecule has 0 amide bonds. The largest absolute Gasteiger partial charge is 0.304 e. The van der Waals surface area contributed by atoms with E-state index in [2.05, 4.69) is 39.7 Å². The van der Waals surface area contributed by atoms with Gasteiger partial charge in [-0.15, -0.1) is 11.3 Å². The minimum Gasteiger partial charge on any atom is -0.304 e. The molecule has 21 heavy (non-hydrogen) atoms. The van der Waals surface area contributed by atoms with Crippen LogP contribution >= 0.6 is 11.3 Å². The summed E-state index contributed by atoms with van der Waals surface area (Å²) in [5.41, 5.74) is 3.46. The Hall–Kier alpha value is -2.04. The van der Waals surface area contributed by atoms with Crippen molar-refractivity contribution in [2.24, 2.45) is 0 Å². The van der Waals surface area contributed by atoms with Gasteiger partial charge in [-0.1, -0.05) is 30.3 Å². The lowest BCUT2D eigenvalue weighted by atomic mass is 10.1. The Morgan fingerprint density at radius 3 is 2.62 bits per heavy atom. The minimum absolute atomic E-state index is 0.289. The first-order valence-electron chi connectivity index (χ1n) is 6.96. The number of nitrogens with one attached hydrogen (secondary N) is 1. The van der Waals surface area contributed by atoms with Crippen molar-refractivity contribution in [3.05, 3.63) is 70.8 Å². The smallest absolute Gasteiger partial charge is 0.107 e. The second-order valence-electron chi connectivity index (χ2n) is 4.88. The van der Waals surface area contributed by atoms with E-state index in [4.69, 9.17) is 0 Å². The van der Waals surface area contributed by atoms with E-state index < -0.39 is 0 Å². The second kappa shape index (κ2) is 6.61. The summed E-state index contributed by atoms with van der Waals surface area (Å²) in [5, 5.41) is 6.72. The van der Waals surface area contributed by atoms with Crippen molar-refractivity contribution in [3.63, 3.8) is 0 Å². The van der Waals surface area contributed by atoms with E-state index >= 15 is 0 Å². The molecule has 1 N–H and O–H groups in total. The summed E-state index contributed by atoms with van der Waals surface area (Å²) in [4.78, 5) is 8.73. The molecule has 3 aromatic rings. The van der Waals surface area contributed by atoms with Gasteiger partial charge in [0.25, 0.3) is 0 Å². The molecule has 2 heterocycles. The van der Waals surface area contributed by atoms with Crippen LogP contribution < -0.4 is 5.32 Å². The normalized spacial score (nSPS) is 12.2. The van der Waals surface area contributed by atoms with E-state index in [1.165, 1.54) is 11.1 Å². The average Bonchev–Trinajstić information content (AvgIpc) is 3.03. The van der Waals surface area contributed by atoms with Crippen molar-refractivity contribution in [2.45, 2.75) is 19.5 Å². The Balaban J connectivity index is 1.63. The van der Waals surface area contributed by atoms with Crippen LogP contribution in [0.15, 0.2) is 60.2 Å². The maximum Gasteiger partial charge on any atom is 0.107 e. The zero-order chi connectivity index (χ0) is 14.5. The number of rotatable bonds is 5. The molecule has 0 unspecified atom stereocenters. The summed E-state index contributed by atoms with van der Waals surface area (Å²) in [6.45, 7) is 2.93. The molecule has 0 radical (unpaired) electrons. The molecule has 0 saturated carbocycles. The zero-order valence-electron chi connectivity index (χ0n) is 11.9. The van der Waals surface area contributed by atoms with Gasteiger partial charge in [-0.05, 0) is 24.6 Å². The molecule has 1 atom stereocenters. The Labute approximate surface area is 128 Å². The van der Waals surface area contributed by atoms with Crippen molar-refractivity contribution in [1.82, 2.24) is 15.3 Å². The van der Waals surface area contributed by atoms with Crippen LogP contribution in [-0.4, -0.2) is 9.97 Å². The molecular weight excluding hydrogens is 278 g/mol. The summed E-state index contributed by atoms with van der Waals surface area (Å²) in [5.74, 6) is 0. The molecule has 4 heteroatoms. The Morgan fingerprint density at radius 2 is 1.86 bits per heavy atom. The van der Waals surface area contributed by atoms with E-state index in [9.17, 15) is 0 Å². The highest BCUT2D eigenvalue weighted by molar-refractivity contribution is 7.09. The van der Waals surface area contributed by atoms with Gasteiger partial charge in [-0.25, -0.2) is 4.98 Å². The van der Waals surface area contributed by atoms with Gasteiger partial charge < -0.3 is 5.32 Å². The van der Waals surface area contributed by atoms with Crippen molar-refractivity contribution in [3.8, 4) is 11.3 Å². The summed E-state index contributed by atoms with van der Waals surface area (Å²) in [6.07, 6.45) is 3.65. The number of hydrogen-bond donors (Lipinski definition) is 1. The zero-order valence-corrected chi connectivity index (χ0v) is 12.7. The lowest BCUT2D eigenvalue weighted by Crippen LogP contribution is -2.17. The quantitative estimate of drug-likeness (QED) is 0.771. The molecule has 0 saturated heterocycles. The van der Waals surface area contributed by atoms with E-state index in [0.29, 0.717) is 0 Å². The Morgan fingerprint density at radius 1 is 1.10 bits per heavy atom. The van der Waals surface area contributed by atoms with Crippen LogP contribution in [0.25, 0.3) is 11.3 Å². The van der Waals surface area contributed by atoms with E-state index in [-0.39, 0.29) is 6.04 Å². The third kappa shape index (κ3) is 3.54. The highest BCUT2D eigenvalue weighted by Crippen LogP contribution is 2.22. The van der Waals surface area contributed by atoms with Gasteiger partial charge in [0.15, 0.2) is 0 Å². The maximum absolute atomic E-state index is 4.69. The van der Waals surface area contributed by atoms with Crippen LogP contribution in [0, 0.1) is 0 Å². The first-order valence-corrected chi connectivity index (χ1v) is 7.84. The summed E-state index contributed by atoms with van der Waals surface area (Å²) in [6, 6.07) is 14.6. The van der Waals surface area contributed by atoms with Crippen LogP contribution in [0.1, 0.15) is 23.5 Å². The van der Waals surface area contributed by atoms with Gasteiger partial charge >= 0.3 is 0 Å².